The van der Waals surface area contributed by atoms with E-state index in [9.17, 15) is 4.79 Å². The summed E-state index contributed by atoms with van der Waals surface area (Å²) in [6.07, 6.45) is 5.59. The number of hydrogen-bond donors (Lipinski definition) is 0. The van der Waals surface area contributed by atoms with Gasteiger partial charge in [0.25, 0.3) is 0 Å². The van der Waals surface area contributed by atoms with Gasteiger partial charge in [-0.2, -0.15) is 0 Å². The Kier molecular flexibility index (Phi) is 3.39. The fourth-order valence-corrected chi connectivity index (χ4v) is 3.26. The van der Waals surface area contributed by atoms with Gasteiger partial charge in [-0.15, -0.1) is 0 Å². The third-order valence-corrected chi connectivity index (χ3v) is 4.47. The number of carbonyl (C=O) groups excluding carboxylic acids is 1. The second-order valence-corrected chi connectivity index (χ2v) is 6.55. The molecule has 1 saturated carbocycles. The van der Waals surface area contributed by atoms with E-state index in [4.69, 9.17) is 0 Å². The quantitative estimate of drug-likeness (QED) is 0.681. The first-order valence-corrected chi connectivity index (χ1v) is 6.75. The number of hydrogen-bond acceptors (Lipinski definition) is 2. The van der Waals surface area contributed by atoms with Gasteiger partial charge in [0, 0.05) is 6.42 Å². The maximum Gasteiger partial charge on any atom is 0.149 e. The van der Waals surface area contributed by atoms with Crippen LogP contribution in [0.1, 0.15) is 52.9 Å². The number of likely N-dealkylation sites (tertiary alicyclic amines) is 1. The van der Waals surface area contributed by atoms with E-state index in [0.717, 1.165) is 38.3 Å². The van der Waals surface area contributed by atoms with Crippen molar-refractivity contribution in [3.63, 3.8) is 0 Å². The van der Waals surface area contributed by atoms with Gasteiger partial charge in [0.2, 0.25) is 0 Å². The van der Waals surface area contributed by atoms with Gasteiger partial charge in [0.1, 0.15) is 5.78 Å². The third kappa shape index (κ3) is 2.48. The van der Waals surface area contributed by atoms with Crippen molar-refractivity contribution in [3.8, 4) is 0 Å². The van der Waals surface area contributed by atoms with Crippen LogP contribution < -0.4 is 0 Å². The zero-order valence-electron chi connectivity index (χ0n) is 11.0. The molecule has 2 aliphatic rings. The molecule has 0 aromatic carbocycles. The predicted octanol–water partition coefficient (Wildman–Crippen LogP) is 2.87. The minimum absolute atomic E-state index is 0.279. The Balaban J connectivity index is 1.88. The molecule has 2 nitrogen and oxygen atoms in total. The first-order chi connectivity index (χ1) is 7.48. The molecular weight excluding hydrogens is 198 g/mol. The smallest absolute Gasteiger partial charge is 0.149 e. The Hall–Kier alpha value is -0.370. The monoisotopic (exact) mass is 223 g/mol. The maximum atomic E-state index is 11.7. The largest absolute Gasteiger partial charge is 0.298 e. The highest BCUT2D eigenvalue weighted by Crippen LogP contribution is 2.35. The zero-order chi connectivity index (χ0) is 11.8. The summed E-state index contributed by atoms with van der Waals surface area (Å²) < 4.78 is 0. The van der Waals surface area contributed by atoms with Gasteiger partial charge in [-0.05, 0) is 50.1 Å². The molecule has 1 aliphatic carbocycles. The van der Waals surface area contributed by atoms with Gasteiger partial charge in [0.15, 0.2) is 0 Å². The van der Waals surface area contributed by atoms with Crippen LogP contribution in [0.2, 0.25) is 0 Å². The molecule has 1 heterocycles. The molecule has 92 valence electrons. The molecule has 2 fully saturated rings. The second-order valence-electron chi connectivity index (χ2n) is 6.55. The molecule has 0 radical (unpaired) electrons. The Bertz CT molecular complexity index is 258. The van der Waals surface area contributed by atoms with Crippen molar-refractivity contribution in [2.75, 3.05) is 13.1 Å². The van der Waals surface area contributed by atoms with Crippen molar-refractivity contribution in [2.24, 2.45) is 11.3 Å². The highest BCUT2D eigenvalue weighted by atomic mass is 16.1. The van der Waals surface area contributed by atoms with Crippen LogP contribution in [0.25, 0.3) is 0 Å². The lowest BCUT2D eigenvalue weighted by molar-refractivity contribution is -0.122. The van der Waals surface area contributed by atoms with Crippen LogP contribution in [-0.4, -0.2) is 29.8 Å². The van der Waals surface area contributed by atoms with E-state index in [1.165, 1.54) is 12.8 Å². The Morgan fingerprint density at radius 1 is 1.12 bits per heavy atom. The lowest BCUT2D eigenvalue weighted by atomic mass is 9.75. The van der Waals surface area contributed by atoms with E-state index in [0.29, 0.717) is 11.2 Å². The molecule has 0 aromatic rings. The van der Waals surface area contributed by atoms with Crippen molar-refractivity contribution in [1.82, 2.24) is 4.90 Å². The Morgan fingerprint density at radius 2 is 1.75 bits per heavy atom. The molecule has 0 spiro atoms. The second kappa shape index (κ2) is 4.48. The first-order valence-electron chi connectivity index (χ1n) is 6.75. The molecule has 2 heteroatoms. The molecule has 0 N–H and O–H groups in total. The van der Waals surface area contributed by atoms with E-state index in [2.05, 4.69) is 25.7 Å². The van der Waals surface area contributed by atoms with Crippen LogP contribution in [0.3, 0.4) is 0 Å². The number of carbonyl (C=O) groups is 1. The number of nitrogens with zero attached hydrogens (tertiary/aromatic N) is 1. The number of Topliss-reactive ketones (excluding diaryl/α,β-unsaturated/α-hetero) is 1. The van der Waals surface area contributed by atoms with E-state index in [1.54, 1.807) is 0 Å². The van der Waals surface area contributed by atoms with Crippen LogP contribution in [0, 0.1) is 11.3 Å². The summed E-state index contributed by atoms with van der Waals surface area (Å²) in [6, 6.07) is 0.279. The lowest BCUT2D eigenvalue weighted by Gasteiger charge is -2.40. The van der Waals surface area contributed by atoms with E-state index in [1.807, 2.05) is 0 Å². The Morgan fingerprint density at radius 3 is 2.19 bits per heavy atom. The molecule has 1 saturated heterocycles. The van der Waals surface area contributed by atoms with Crippen molar-refractivity contribution >= 4 is 5.78 Å². The highest BCUT2D eigenvalue weighted by molar-refractivity contribution is 5.85. The van der Waals surface area contributed by atoms with Crippen LogP contribution in [0.15, 0.2) is 0 Å². The van der Waals surface area contributed by atoms with Gasteiger partial charge in [-0.25, -0.2) is 0 Å². The minimum atomic E-state index is 0.279. The fourth-order valence-electron chi connectivity index (χ4n) is 3.26. The maximum absolute atomic E-state index is 11.7. The normalized spacial score (nSPS) is 29.9. The molecule has 0 aromatic heterocycles. The van der Waals surface area contributed by atoms with Gasteiger partial charge in [-0.3, -0.25) is 9.69 Å². The van der Waals surface area contributed by atoms with Gasteiger partial charge in [0.05, 0.1) is 6.04 Å². The van der Waals surface area contributed by atoms with Crippen LogP contribution in [0.4, 0.5) is 0 Å². The molecule has 0 amide bonds. The minimum Gasteiger partial charge on any atom is -0.298 e. The zero-order valence-corrected chi connectivity index (χ0v) is 11.0. The SMILES string of the molecule is CC(C)(C)C1CCN(C2CCCC2=O)CC1. The number of ketones is 1. The van der Waals surface area contributed by atoms with Gasteiger partial charge in [-0.1, -0.05) is 20.8 Å². The highest BCUT2D eigenvalue weighted by Gasteiger charge is 2.35. The van der Waals surface area contributed by atoms with Crippen molar-refractivity contribution in [3.05, 3.63) is 0 Å². The lowest BCUT2D eigenvalue weighted by Crippen LogP contribution is -2.45. The average Bonchev–Trinajstić information content (AvgIpc) is 2.63. The molecule has 16 heavy (non-hydrogen) atoms. The van der Waals surface area contributed by atoms with Gasteiger partial charge >= 0.3 is 0 Å². The van der Waals surface area contributed by atoms with E-state index in [-0.39, 0.29) is 6.04 Å². The molecule has 1 aliphatic heterocycles. The first kappa shape index (κ1) is 12.1. The number of piperidine rings is 1. The summed E-state index contributed by atoms with van der Waals surface area (Å²) >= 11 is 0. The average molecular weight is 223 g/mol. The fraction of sp³-hybridized carbons (Fsp3) is 0.929. The third-order valence-electron chi connectivity index (χ3n) is 4.47. The van der Waals surface area contributed by atoms with Crippen LogP contribution >= 0.6 is 0 Å². The summed E-state index contributed by atoms with van der Waals surface area (Å²) in [5, 5.41) is 0. The van der Waals surface area contributed by atoms with Crippen molar-refractivity contribution < 1.29 is 4.79 Å². The molecular formula is C14H25NO. The van der Waals surface area contributed by atoms with Crippen molar-refractivity contribution in [1.29, 1.82) is 0 Å². The Labute approximate surface area is 99.4 Å². The molecule has 1 unspecified atom stereocenters. The standard InChI is InChI=1S/C14H25NO/c1-14(2,3)11-7-9-15(10-8-11)12-5-4-6-13(12)16/h11-12H,4-10H2,1-3H3. The van der Waals surface area contributed by atoms with Crippen LogP contribution in [0.5, 0.6) is 0 Å². The van der Waals surface area contributed by atoms with Crippen LogP contribution in [-0.2, 0) is 4.79 Å². The molecule has 1 atom stereocenters. The predicted molar refractivity (Wildman–Crippen MR) is 66.4 cm³/mol. The number of rotatable bonds is 1. The summed E-state index contributed by atoms with van der Waals surface area (Å²) in [4.78, 5) is 14.2. The van der Waals surface area contributed by atoms with Crippen molar-refractivity contribution in [2.45, 2.75) is 58.9 Å². The summed E-state index contributed by atoms with van der Waals surface area (Å²) in [7, 11) is 0. The summed E-state index contributed by atoms with van der Waals surface area (Å²) in [5.41, 5.74) is 0.436. The molecule has 0 bridgehead atoms. The topological polar surface area (TPSA) is 20.3 Å². The molecule has 2 rings (SSSR count). The van der Waals surface area contributed by atoms with E-state index < -0.39 is 0 Å². The van der Waals surface area contributed by atoms with E-state index >= 15 is 0 Å². The van der Waals surface area contributed by atoms with Gasteiger partial charge < -0.3 is 0 Å². The summed E-state index contributed by atoms with van der Waals surface area (Å²) in [6.45, 7) is 9.30. The summed E-state index contributed by atoms with van der Waals surface area (Å²) in [5.74, 6) is 1.33.